The van der Waals surface area contributed by atoms with Crippen LogP contribution >= 0.6 is 0 Å². The maximum Gasteiger partial charge on any atom is 0.320 e. The third kappa shape index (κ3) is 4.49. The van der Waals surface area contributed by atoms with E-state index in [1.165, 1.54) is 6.92 Å². The van der Waals surface area contributed by atoms with E-state index >= 15 is 0 Å². The summed E-state index contributed by atoms with van der Waals surface area (Å²) >= 11 is 0. The Balaban J connectivity index is 2.92. The summed E-state index contributed by atoms with van der Waals surface area (Å²) in [6.07, 6.45) is 9.29. The van der Waals surface area contributed by atoms with Crippen LogP contribution in [0.1, 0.15) is 33.6 Å². The third-order valence-corrected chi connectivity index (χ3v) is 3.44. The minimum Gasteiger partial charge on any atom is -0.480 e. The molecule has 0 aromatic rings. The van der Waals surface area contributed by atoms with Crippen molar-refractivity contribution in [3.63, 3.8) is 0 Å². The predicted octanol–water partition coefficient (Wildman–Crippen LogP) is 1.46. The zero-order valence-electron chi connectivity index (χ0n) is 12.3. The highest BCUT2D eigenvalue weighted by molar-refractivity contribution is 5.75. The van der Waals surface area contributed by atoms with Gasteiger partial charge in [-0.3, -0.25) is 14.9 Å². The smallest absolute Gasteiger partial charge is 0.320 e. The number of amides is 1. The van der Waals surface area contributed by atoms with E-state index in [0.29, 0.717) is 6.42 Å². The molecule has 0 aromatic carbocycles. The number of hydrogen-bond donors (Lipinski definition) is 3. The summed E-state index contributed by atoms with van der Waals surface area (Å²) in [7, 11) is 0. The van der Waals surface area contributed by atoms with Gasteiger partial charge in [-0.05, 0) is 25.7 Å². The van der Waals surface area contributed by atoms with Gasteiger partial charge in [-0.2, -0.15) is 0 Å². The van der Waals surface area contributed by atoms with E-state index in [1.54, 1.807) is 0 Å². The average Bonchev–Trinajstić information content (AvgIpc) is 2.79. The summed E-state index contributed by atoms with van der Waals surface area (Å²) in [6, 6.07) is -0.857. The van der Waals surface area contributed by atoms with Gasteiger partial charge in [-0.1, -0.05) is 31.2 Å². The monoisotopic (exact) mass is 280 g/mol. The maximum absolute atomic E-state index is 11.3. The number of carbonyl (C=O) groups is 2. The maximum atomic E-state index is 11.3. The molecule has 1 aliphatic heterocycles. The van der Waals surface area contributed by atoms with Crippen LogP contribution in [0.15, 0.2) is 24.3 Å². The summed E-state index contributed by atoms with van der Waals surface area (Å²) in [6.45, 7) is 5.41. The van der Waals surface area contributed by atoms with Crippen molar-refractivity contribution in [3.8, 4) is 0 Å². The van der Waals surface area contributed by atoms with E-state index in [1.807, 2.05) is 38.2 Å². The molecule has 0 aromatic heterocycles. The van der Waals surface area contributed by atoms with Crippen molar-refractivity contribution in [2.24, 2.45) is 5.92 Å². The van der Waals surface area contributed by atoms with Crippen molar-refractivity contribution in [2.75, 3.05) is 0 Å². The first kappa shape index (κ1) is 16.4. The number of carboxylic acids is 1. The molecule has 3 N–H and O–H groups in total. The average molecular weight is 280 g/mol. The van der Waals surface area contributed by atoms with Gasteiger partial charge in [-0.15, -0.1) is 0 Å². The molecule has 1 fully saturated rings. The van der Waals surface area contributed by atoms with Crippen molar-refractivity contribution in [2.45, 2.75) is 51.7 Å². The lowest BCUT2D eigenvalue weighted by Crippen LogP contribution is -2.50. The first-order valence-corrected chi connectivity index (χ1v) is 7.05. The van der Waals surface area contributed by atoms with Gasteiger partial charge >= 0.3 is 5.97 Å². The molecule has 0 aliphatic carbocycles. The summed E-state index contributed by atoms with van der Waals surface area (Å²) < 4.78 is 0. The van der Waals surface area contributed by atoms with Gasteiger partial charge in [0.1, 0.15) is 6.04 Å². The molecule has 1 heterocycles. The zero-order valence-corrected chi connectivity index (χ0v) is 12.3. The van der Waals surface area contributed by atoms with E-state index in [2.05, 4.69) is 10.6 Å². The zero-order chi connectivity index (χ0) is 15.1. The van der Waals surface area contributed by atoms with Crippen LogP contribution in [0.25, 0.3) is 0 Å². The lowest BCUT2D eigenvalue weighted by molar-refractivity contribution is -0.139. The molecule has 0 spiro atoms. The van der Waals surface area contributed by atoms with E-state index < -0.39 is 12.0 Å². The second kappa shape index (κ2) is 7.85. The quantitative estimate of drug-likeness (QED) is 0.644. The van der Waals surface area contributed by atoms with Gasteiger partial charge in [-0.25, -0.2) is 0 Å². The minimum absolute atomic E-state index is 0.0967. The SMILES string of the molecule is C/C=C\[C@@H]1C[C@H](C(=O)O)NC1[C@H](/C=C\CC)NC(C)=O. The van der Waals surface area contributed by atoms with Gasteiger partial charge in [0.2, 0.25) is 5.91 Å². The van der Waals surface area contributed by atoms with E-state index in [9.17, 15) is 9.59 Å². The molecule has 1 amide bonds. The van der Waals surface area contributed by atoms with Gasteiger partial charge in [0.05, 0.1) is 6.04 Å². The standard InChI is InChI=1S/C15H24N2O3/c1-4-6-8-12(16-10(3)18)14-11(7-5-2)9-13(17-14)15(19)20/h5-8,11-14,17H,4,9H2,1-3H3,(H,16,18)(H,19,20)/b7-5-,8-6-/t11-,12+,13-,14?/m1/s1. The topological polar surface area (TPSA) is 78.4 Å². The summed E-state index contributed by atoms with van der Waals surface area (Å²) in [5.41, 5.74) is 0. The van der Waals surface area contributed by atoms with Crippen LogP contribution in [0.4, 0.5) is 0 Å². The Morgan fingerprint density at radius 2 is 2.20 bits per heavy atom. The van der Waals surface area contributed by atoms with Crippen LogP contribution in [-0.2, 0) is 9.59 Å². The minimum atomic E-state index is -0.844. The van der Waals surface area contributed by atoms with Crippen LogP contribution in [0, 0.1) is 5.92 Å². The van der Waals surface area contributed by atoms with Crippen molar-refractivity contribution in [3.05, 3.63) is 24.3 Å². The molecule has 0 bridgehead atoms. The van der Waals surface area contributed by atoms with E-state index in [0.717, 1.165) is 6.42 Å². The molecule has 1 unspecified atom stereocenters. The molecule has 5 nitrogen and oxygen atoms in total. The molecule has 0 radical (unpaired) electrons. The van der Waals surface area contributed by atoms with Gasteiger partial charge in [0.25, 0.3) is 0 Å². The van der Waals surface area contributed by atoms with Gasteiger partial charge < -0.3 is 10.4 Å². The molecule has 1 rings (SSSR count). The highest BCUT2D eigenvalue weighted by atomic mass is 16.4. The Labute approximate surface area is 120 Å². The van der Waals surface area contributed by atoms with Crippen LogP contribution in [0.2, 0.25) is 0 Å². The Kier molecular flexibility index (Phi) is 6.45. The van der Waals surface area contributed by atoms with Crippen molar-refractivity contribution in [1.82, 2.24) is 10.6 Å². The fraction of sp³-hybridized carbons (Fsp3) is 0.600. The molecule has 0 saturated carbocycles. The fourth-order valence-corrected chi connectivity index (χ4v) is 2.61. The number of hydrogen-bond acceptors (Lipinski definition) is 3. The predicted molar refractivity (Wildman–Crippen MR) is 78.3 cm³/mol. The number of nitrogens with one attached hydrogen (secondary N) is 2. The molecular weight excluding hydrogens is 256 g/mol. The Bertz CT molecular complexity index is 404. The third-order valence-electron chi connectivity index (χ3n) is 3.44. The number of carboxylic acid groups (broad SMARTS) is 1. The second-order valence-corrected chi connectivity index (χ2v) is 5.07. The lowest BCUT2D eigenvalue weighted by Gasteiger charge is -2.25. The van der Waals surface area contributed by atoms with Crippen LogP contribution in [0.5, 0.6) is 0 Å². The summed E-state index contributed by atoms with van der Waals surface area (Å²) in [5.74, 6) is -0.863. The number of rotatable bonds is 6. The van der Waals surface area contributed by atoms with Crippen LogP contribution < -0.4 is 10.6 Å². The Morgan fingerprint density at radius 3 is 2.70 bits per heavy atom. The molecule has 20 heavy (non-hydrogen) atoms. The summed E-state index contributed by atoms with van der Waals surface area (Å²) in [4.78, 5) is 22.5. The van der Waals surface area contributed by atoms with Crippen molar-refractivity contribution >= 4 is 11.9 Å². The molecule has 112 valence electrons. The van der Waals surface area contributed by atoms with Gasteiger partial charge in [0.15, 0.2) is 0 Å². The molecule has 4 atom stereocenters. The first-order valence-electron chi connectivity index (χ1n) is 7.05. The summed E-state index contributed by atoms with van der Waals surface area (Å²) in [5, 5.41) is 15.2. The van der Waals surface area contributed by atoms with Crippen molar-refractivity contribution < 1.29 is 14.7 Å². The fourth-order valence-electron chi connectivity index (χ4n) is 2.61. The number of carbonyl (C=O) groups excluding carboxylic acids is 1. The van der Waals surface area contributed by atoms with E-state index in [-0.39, 0.29) is 23.9 Å². The number of aliphatic carboxylic acids is 1. The largest absolute Gasteiger partial charge is 0.480 e. The van der Waals surface area contributed by atoms with Crippen molar-refractivity contribution in [1.29, 1.82) is 0 Å². The molecule has 1 aliphatic rings. The molecule has 1 saturated heterocycles. The lowest BCUT2D eigenvalue weighted by atomic mass is 9.92. The number of allylic oxidation sites excluding steroid dienone is 2. The second-order valence-electron chi connectivity index (χ2n) is 5.07. The van der Waals surface area contributed by atoms with Gasteiger partial charge in [0, 0.05) is 13.0 Å². The first-order chi connectivity index (χ1) is 9.49. The highest BCUT2D eigenvalue weighted by Gasteiger charge is 2.39. The Morgan fingerprint density at radius 1 is 1.50 bits per heavy atom. The van der Waals surface area contributed by atoms with E-state index in [4.69, 9.17) is 5.11 Å². The highest BCUT2D eigenvalue weighted by Crippen LogP contribution is 2.25. The molecule has 5 heteroatoms. The molecular formula is C15H24N2O3. The van der Waals surface area contributed by atoms with Crippen LogP contribution in [-0.4, -0.2) is 35.1 Å². The van der Waals surface area contributed by atoms with Crippen LogP contribution in [0.3, 0.4) is 0 Å². The normalized spacial score (nSPS) is 28.1. The Hall–Kier alpha value is -1.62.